The molecule has 1 amide bonds. The second kappa shape index (κ2) is 8.13. The average molecular weight is 357 g/mol. The van der Waals surface area contributed by atoms with Gasteiger partial charge < -0.3 is 10.2 Å². The van der Waals surface area contributed by atoms with Crippen LogP contribution < -0.4 is 5.32 Å². The number of nitrogens with zero attached hydrogens (tertiary/aromatic N) is 2. The monoisotopic (exact) mass is 357 g/mol. The van der Waals surface area contributed by atoms with Gasteiger partial charge in [0.05, 0.1) is 10.5 Å². The number of rotatable bonds is 4. The van der Waals surface area contributed by atoms with Gasteiger partial charge in [0.2, 0.25) is 0 Å². The average Bonchev–Trinajstić information content (AvgIpc) is 2.91. The second-order valence-electron chi connectivity index (χ2n) is 5.75. The van der Waals surface area contributed by atoms with Crippen LogP contribution in [-0.4, -0.2) is 41.9 Å². The molecule has 1 N–H and O–H groups in total. The minimum atomic E-state index is -0.461. The first-order chi connectivity index (χ1) is 12.1. The molecule has 130 valence electrons. The zero-order valence-corrected chi connectivity index (χ0v) is 14.5. The molecule has 6 nitrogen and oxygen atoms in total. The summed E-state index contributed by atoms with van der Waals surface area (Å²) in [5.74, 6) is -0.147. The maximum absolute atomic E-state index is 13.0. The van der Waals surface area contributed by atoms with Gasteiger partial charge >= 0.3 is 0 Å². The number of nitrogens with one attached hydrogen (secondary N) is 1. The normalized spacial score (nSPS) is 14.8. The number of carbonyl (C=O) groups excluding carboxylic acids is 1. The van der Waals surface area contributed by atoms with Gasteiger partial charge in [0, 0.05) is 41.6 Å². The Bertz CT molecular complexity index is 759. The van der Waals surface area contributed by atoms with E-state index in [1.807, 2.05) is 30.3 Å². The van der Waals surface area contributed by atoms with Crippen molar-refractivity contribution in [3.63, 3.8) is 0 Å². The van der Waals surface area contributed by atoms with Crippen molar-refractivity contribution in [3.8, 4) is 0 Å². The number of amides is 1. The molecule has 2 aromatic carbocycles. The lowest BCUT2D eigenvalue weighted by Gasteiger charge is -2.21. The van der Waals surface area contributed by atoms with Crippen LogP contribution in [0.25, 0.3) is 0 Å². The fourth-order valence-electron chi connectivity index (χ4n) is 2.72. The van der Waals surface area contributed by atoms with Crippen molar-refractivity contribution < 1.29 is 9.72 Å². The molecule has 0 spiro atoms. The molecule has 0 bridgehead atoms. The number of nitro benzene ring substituents is 1. The summed E-state index contributed by atoms with van der Waals surface area (Å²) in [6.07, 6.45) is 0.877. The van der Waals surface area contributed by atoms with Gasteiger partial charge in [0.25, 0.3) is 11.6 Å². The fraction of sp³-hybridized carbons (Fsp3) is 0.278. The highest BCUT2D eigenvalue weighted by Crippen LogP contribution is 2.33. The molecule has 1 aliphatic rings. The van der Waals surface area contributed by atoms with E-state index in [1.165, 1.54) is 23.9 Å². The summed E-state index contributed by atoms with van der Waals surface area (Å²) in [4.78, 5) is 27.2. The minimum Gasteiger partial charge on any atom is -0.337 e. The molecule has 0 saturated carbocycles. The van der Waals surface area contributed by atoms with E-state index in [2.05, 4.69) is 5.32 Å². The van der Waals surface area contributed by atoms with E-state index in [9.17, 15) is 14.9 Å². The summed E-state index contributed by atoms with van der Waals surface area (Å²) in [5, 5.41) is 14.4. The Morgan fingerprint density at radius 3 is 2.68 bits per heavy atom. The summed E-state index contributed by atoms with van der Waals surface area (Å²) in [5.41, 5.74) is 0.332. The zero-order valence-electron chi connectivity index (χ0n) is 13.7. The Morgan fingerprint density at radius 1 is 1.12 bits per heavy atom. The molecule has 0 aromatic heterocycles. The second-order valence-corrected chi connectivity index (χ2v) is 6.86. The van der Waals surface area contributed by atoms with E-state index < -0.39 is 4.92 Å². The van der Waals surface area contributed by atoms with E-state index in [1.54, 1.807) is 11.0 Å². The summed E-state index contributed by atoms with van der Waals surface area (Å²) in [6.45, 7) is 2.88. The predicted molar refractivity (Wildman–Crippen MR) is 97.1 cm³/mol. The Hall–Kier alpha value is -2.38. The van der Waals surface area contributed by atoms with Gasteiger partial charge in [0.1, 0.15) is 0 Å². The van der Waals surface area contributed by atoms with Crippen LogP contribution in [0.15, 0.2) is 58.3 Å². The topological polar surface area (TPSA) is 75.5 Å². The molecule has 0 aliphatic carbocycles. The molecule has 25 heavy (non-hydrogen) atoms. The Kier molecular flexibility index (Phi) is 5.67. The van der Waals surface area contributed by atoms with Gasteiger partial charge in [-0.25, -0.2) is 0 Å². The molecule has 3 rings (SSSR count). The SMILES string of the molecule is O=C(c1cc([N+](=O)[O-])ccc1Sc1ccccc1)N1CCCNCC1. The van der Waals surface area contributed by atoms with Gasteiger partial charge in [0.15, 0.2) is 0 Å². The number of hydrogen-bond acceptors (Lipinski definition) is 5. The van der Waals surface area contributed by atoms with E-state index in [0.717, 1.165) is 29.3 Å². The molecular weight excluding hydrogens is 338 g/mol. The Morgan fingerprint density at radius 2 is 1.92 bits per heavy atom. The van der Waals surface area contributed by atoms with E-state index in [0.29, 0.717) is 18.7 Å². The molecule has 0 unspecified atom stereocenters. The number of carbonyl (C=O) groups is 1. The molecule has 0 atom stereocenters. The van der Waals surface area contributed by atoms with Crippen molar-refractivity contribution in [2.24, 2.45) is 0 Å². The first-order valence-electron chi connectivity index (χ1n) is 8.16. The highest BCUT2D eigenvalue weighted by molar-refractivity contribution is 7.99. The molecular formula is C18H19N3O3S. The van der Waals surface area contributed by atoms with Crippen molar-refractivity contribution in [3.05, 3.63) is 64.2 Å². The van der Waals surface area contributed by atoms with E-state index in [-0.39, 0.29) is 11.6 Å². The zero-order chi connectivity index (χ0) is 17.6. The Labute approximate surface area is 150 Å². The van der Waals surface area contributed by atoms with Gasteiger partial charge in [-0.3, -0.25) is 14.9 Å². The van der Waals surface area contributed by atoms with Crippen LogP contribution >= 0.6 is 11.8 Å². The van der Waals surface area contributed by atoms with Crippen LogP contribution in [0.5, 0.6) is 0 Å². The summed E-state index contributed by atoms with van der Waals surface area (Å²) < 4.78 is 0. The van der Waals surface area contributed by atoms with Crippen molar-refractivity contribution in [1.29, 1.82) is 0 Å². The van der Waals surface area contributed by atoms with E-state index in [4.69, 9.17) is 0 Å². The molecule has 1 aliphatic heterocycles. The quantitative estimate of drug-likeness (QED) is 0.672. The standard InChI is InChI=1S/C18H19N3O3S/c22-18(20-11-4-9-19-10-12-20)16-13-14(21(23)24)7-8-17(16)25-15-5-2-1-3-6-15/h1-3,5-8,13,19H,4,9-12H2. The highest BCUT2D eigenvalue weighted by Gasteiger charge is 2.23. The Balaban J connectivity index is 1.94. The summed E-state index contributed by atoms with van der Waals surface area (Å²) in [6, 6.07) is 14.2. The number of non-ortho nitro benzene ring substituents is 1. The number of nitro groups is 1. The molecule has 0 radical (unpaired) electrons. The van der Waals surface area contributed by atoms with Crippen molar-refractivity contribution >= 4 is 23.4 Å². The lowest BCUT2D eigenvalue weighted by Crippen LogP contribution is -2.34. The van der Waals surface area contributed by atoms with Gasteiger partial charge in [-0.05, 0) is 31.2 Å². The molecule has 1 saturated heterocycles. The maximum Gasteiger partial charge on any atom is 0.270 e. The third-order valence-electron chi connectivity index (χ3n) is 4.00. The summed E-state index contributed by atoms with van der Waals surface area (Å²) in [7, 11) is 0. The summed E-state index contributed by atoms with van der Waals surface area (Å²) >= 11 is 1.45. The third kappa shape index (κ3) is 4.37. The lowest BCUT2D eigenvalue weighted by molar-refractivity contribution is -0.384. The maximum atomic E-state index is 13.0. The highest BCUT2D eigenvalue weighted by atomic mass is 32.2. The third-order valence-corrected chi connectivity index (χ3v) is 5.09. The predicted octanol–water partition coefficient (Wildman–Crippen LogP) is 3.18. The largest absolute Gasteiger partial charge is 0.337 e. The van der Waals surface area contributed by atoms with E-state index >= 15 is 0 Å². The smallest absolute Gasteiger partial charge is 0.270 e. The van der Waals surface area contributed by atoms with Crippen LogP contribution in [0.2, 0.25) is 0 Å². The van der Waals surface area contributed by atoms with Gasteiger partial charge in [-0.1, -0.05) is 30.0 Å². The molecule has 7 heteroatoms. The number of hydrogen-bond donors (Lipinski definition) is 1. The fourth-order valence-corrected chi connectivity index (χ4v) is 3.66. The minimum absolute atomic E-state index is 0.0614. The number of benzene rings is 2. The van der Waals surface area contributed by atoms with Crippen LogP contribution in [0, 0.1) is 10.1 Å². The van der Waals surface area contributed by atoms with Crippen LogP contribution in [0.1, 0.15) is 16.8 Å². The van der Waals surface area contributed by atoms with Crippen LogP contribution in [0.3, 0.4) is 0 Å². The first-order valence-corrected chi connectivity index (χ1v) is 8.98. The van der Waals surface area contributed by atoms with Crippen LogP contribution in [-0.2, 0) is 0 Å². The first kappa shape index (κ1) is 17.4. The van der Waals surface area contributed by atoms with Crippen molar-refractivity contribution in [2.45, 2.75) is 16.2 Å². The van der Waals surface area contributed by atoms with Gasteiger partial charge in [-0.2, -0.15) is 0 Å². The molecule has 2 aromatic rings. The van der Waals surface area contributed by atoms with Crippen LogP contribution in [0.4, 0.5) is 5.69 Å². The van der Waals surface area contributed by atoms with Gasteiger partial charge in [-0.15, -0.1) is 0 Å². The lowest BCUT2D eigenvalue weighted by atomic mass is 10.1. The molecule has 1 fully saturated rings. The van der Waals surface area contributed by atoms with Crippen molar-refractivity contribution in [1.82, 2.24) is 10.2 Å². The van der Waals surface area contributed by atoms with Crippen molar-refractivity contribution in [2.75, 3.05) is 26.2 Å². The molecule has 1 heterocycles.